The molecule has 0 saturated carbocycles. The van der Waals surface area contributed by atoms with E-state index < -0.39 is 0 Å². The smallest absolute Gasteiger partial charge is 0.169 e. The summed E-state index contributed by atoms with van der Waals surface area (Å²) in [6, 6.07) is 20.5. The Labute approximate surface area is 215 Å². The number of thiocarbonyl (C=S) groups is 1. The van der Waals surface area contributed by atoms with Crippen LogP contribution in [0, 0.1) is 0 Å². The number of rotatable bonds is 5. The lowest BCUT2D eigenvalue weighted by Crippen LogP contribution is -2.43. The van der Waals surface area contributed by atoms with Gasteiger partial charge < -0.3 is 14.8 Å². The van der Waals surface area contributed by atoms with Crippen molar-refractivity contribution >= 4 is 51.3 Å². The number of piperidine rings is 1. The van der Waals surface area contributed by atoms with Gasteiger partial charge in [-0.1, -0.05) is 65.7 Å². The Hall–Kier alpha value is -2.60. The lowest BCUT2D eigenvalue weighted by atomic mass is 9.96. The van der Waals surface area contributed by atoms with E-state index in [1.54, 1.807) is 0 Å². The van der Waals surface area contributed by atoms with E-state index in [1.165, 1.54) is 16.3 Å². The average molecular weight is 510 g/mol. The molecule has 0 radical (unpaired) electrons. The highest BCUT2D eigenvalue weighted by Gasteiger charge is 2.25. The molecule has 0 unspecified atom stereocenters. The van der Waals surface area contributed by atoms with Gasteiger partial charge in [0, 0.05) is 48.0 Å². The molecule has 1 N–H and O–H groups in total. The van der Waals surface area contributed by atoms with Gasteiger partial charge in [0.25, 0.3) is 0 Å². The molecule has 1 fully saturated rings. The molecule has 1 aromatic heterocycles. The Morgan fingerprint density at radius 1 is 1.00 bits per heavy atom. The predicted molar refractivity (Wildman–Crippen MR) is 145 cm³/mol. The summed E-state index contributed by atoms with van der Waals surface area (Å²) in [4.78, 5) is 6.96. The fourth-order valence-electron chi connectivity index (χ4n) is 4.73. The molecule has 5 rings (SSSR count). The first-order chi connectivity index (χ1) is 16.6. The third-order valence-corrected chi connectivity index (χ3v) is 7.56. The molecule has 1 aliphatic rings. The van der Waals surface area contributed by atoms with Crippen LogP contribution in [0.5, 0.6) is 0 Å². The summed E-state index contributed by atoms with van der Waals surface area (Å²) in [5.74, 6) is 1.50. The van der Waals surface area contributed by atoms with E-state index in [0.717, 1.165) is 54.0 Å². The summed E-state index contributed by atoms with van der Waals surface area (Å²) in [5.41, 5.74) is 2.27. The zero-order valence-corrected chi connectivity index (χ0v) is 21.1. The van der Waals surface area contributed by atoms with Crippen molar-refractivity contribution in [2.75, 3.05) is 13.1 Å². The number of hydrogen-bond donors (Lipinski definition) is 1. The largest absolute Gasteiger partial charge is 0.358 e. The summed E-state index contributed by atoms with van der Waals surface area (Å²) < 4.78 is 2.19. The molecule has 0 aliphatic carbocycles. The van der Waals surface area contributed by atoms with E-state index in [2.05, 4.69) is 62.2 Å². The minimum absolute atomic E-state index is 0.394. The molecule has 1 saturated heterocycles. The van der Waals surface area contributed by atoms with Crippen LogP contribution in [0.15, 0.2) is 73.1 Å². The Kier molecular flexibility index (Phi) is 7.05. The SMILES string of the molecule is S=C(NCc1cccc2ccccc12)N1CCC(c2nccn2Cc2cc(Cl)ccc2Cl)CC1. The second-order valence-electron chi connectivity index (χ2n) is 8.71. The van der Waals surface area contributed by atoms with Crippen molar-refractivity contribution in [3.63, 3.8) is 0 Å². The van der Waals surface area contributed by atoms with Gasteiger partial charge in [-0.2, -0.15) is 0 Å². The minimum Gasteiger partial charge on any atom is -0.358 e. The van der Waals surface area contributed by atoms with Gasteiger partial charge in [-0.05, 0) is 65.2 Å². The minimum atomic E-state index is 0.394. The summed E-state index contributed by atoms with van der Waals surface area (Å²) in [6.07, 6.45) is 5.92. The molecule has 0 spiro atoms. The zero-order valence-electron chi connectivity index (χ0n) is 18.8. The number of nitrogens with one attached hydrogen (secondary N) is 1. The highest BCUT2D eigenvalue weighted by atomic mass is 35.5. The first kappa shape index (κ1) is 23.2. The number of imidazole rings is 1. The first-order valence-corrected chi connectivity index (χ1v) is 12.7. The van der Waals surface area contributed by atoms with Gasteiger partial charge in [-0.15, -0.1) is 0 Å². The summed E-state index contributed by atoms with van der Waals surface area (Å²) in [7, 11) is 0. The number of likely N-dealkylation sites (tertiary alicyclic amines) is 1. The number of hydrogen-bond acceptors (Lipinski definition) is 2. The fraction of sp³-hybridized carbons (Fsp3) is 0.259. The maximum Gasteiger partial charge on any atom is 0.169 e. The summed E-state index contributed by atoms with van der Waals surface area (Å²) in [5, 5.41) is 8.23. The van der Waals surface area contributed by atoms with Crippen molar-refractivity contribution in [3.05, 3.63) is 100 Å². The van der Waals surface area contributed by atoms with Crippen LogP contribution in [0.2, 0.25) is 10.0 Å². The Balaban J connectivity index is 1.19. The van der Waals surface area contributed by atoms with E-state index >= 15 is 0 Å². The van der Waals surface area contributed by atoms with Crippen LogP contribution >= 0.6 is 35.4 Å². The Bertz CT molecular complexity index is 1310. The lowest BCUT2D eigenvalue weighted by Gasteiger charge is -2.34. The van der Waals surface area contributed by atoms with Gasteiger partial charge in [0.05, 0.1) is 6.54 Å². The molecule has 4 aromatic rings. The van der Waals surface area contributed by atoms with Crippen LogP contribution in [0.1, 0.15) is 35.7 Å². The highest BCUT2D eigenvalue weighted by Crippen LogP contribution is 2.29. The highest BCUT2D eigenvalue weighted by molar-refractivity contribution is 7.80. The van der Waals surface area contributed by atoms with Crippen molar-refractivity contribution in [1.82, 2.24) is 19.8 Å². The molecule has 3 aromatic carbocycles. The number of fused-ring (bicyclic) bond motifs is 1. The molecule has 4 nitrogen and oxygen atoms in total. The molecule has 2 heterocycles. The van der Waals surface area contributed by atoms with Crippen LogP contribution < -0.4 is 5.32 Å². The predicted octanol–water partition coefficient (Wildman–Crippen LogP) is 6.65. The zero-order chi connectivity index (χ0) is 23.5. The van der Waals surface area contributed by atoms with Crippen molar-refractivity contribution in [1.29, 1.82) is 0 Å². The molecular weight excluding hydrogens is 483 g/mol. The van der Waals surface area contributed by atoms with Gasteiger partial charge >= 0.3 is 0 Å². The fourth-order valence-corrected chi connectivity index (χ4v) is 5.36. The van der Waals surface area contributed by atoms with Crippen molar-refractivity contribution in [2.24, 2.45) is 0 Å². The van der Waals surface area contributed by atoms with E-state index in [1.807, 2.05) is 30.6 Å². The van der Waals surface area contributed by atoms with Crippen LogP contribution in [-0.4, -0.2) is 32.7 Å². The Morgan fingerprint density at radius 2 is 1.79 bits per heavy atom. The number of nitrogens with zero attached hydrogens (tertiary/aromatic N) is 3. The molecule has 1 aliphatic heterocycles. The number of aromatic nitrogens is 2. The van der Waals surface area contributed by atoms with Gasteiger partial charge in [0.15, 0.2) is 5.11 Å². The van der Waals surface area contributed by atoms with Crippen molar-refractivity contribution in [3.8, 4) is 0 Å². The van der Waals surface area contributed by atoms with Gasteiger partial charge in [-0.3, -0.25) is 0 Å². The third-order valence-electron chi connectivity index (χ3n) is 6.55. The second kappa shape index (κ2) is 10.3. The number of halogens is 2. The maximum absolute atomic E-state index is 6.39. The molecular formula is C27H26Cl2N4S. The molecule has 7 heteroatoms. The van der Waals surface area contributed by atoms with Gasteiger partial charge in [0.1, 0.15) is 5.82 Å². The van der Waals surface area contributed by atoms with Gasteiger partial charge in [-0.25, -0.2) is 4.98 Å². The topological polar surface area (TPSA) is 33.1 Å². The standard InChI is InChI=1S/C27H26Cl2N4S/c28-23-8-9-25(29)22(16-23)18-33-15-12-30-26(33)20-10-13-32(14-11-20)27(34)31-17-21-6-3-5-19-4-1-2-7-24(19)21/h1-9,12,15-16,20H,10-11,13-14,17-18H2,(H,31,34). The molecule has 174 valence electrons. The summed E-state index contributed by atoms with van der Waals surface area (Å²) in [6.45, 7) is 3.22. The van der Waals surface area contributed by atoms with Crippen molar-refractivity contribution in [2.45, 2.75) is 31.8 Å². The molecule has 0 amide bonds. The Morgan fingerprint density at radius 3 is 2.65 bits per heavy atom. The summed E-state index contributed by atoms with van der Waals surface area (Å²) >= 11 is 18.3. The number of benzene rings is 3. The molecule has 0 bridgehead atoms. The second-order valence-corrected chi connectivity index (χ2v) is 9.94. The van der Waals surface area contributed by atoms with Crippen LogP contribution in [0.4, 0.5) is 0 Å². The van der Waals surface area contributed by atoms with E-state index in [4.69, 9.17) is 35.4 Å². The lowest BCUT2D eigenvalue weighted by molar-refractivity contribution is 0.300. The maximum atomic E-state index is 6.39. The first-order valence-electron chi connectivity index (χ1n) is 11.5. The van der Waals surface area contributed by atoms with Crippen LogP contribution in [0.3, 0.4) is 0 Å². The molecule has 0 atom stereocenters. The monoisotopic (exact) mass is 508 g/mol. The van der Waals surface area contributed by atoms with Crippen LogP contribution in [0.25, 0.3) is 10.8 Å². The third kappa shape index (κ3) is 5.07. The quantitative estimate of drug-likeness (QED) is 0.306. The van der Waals surface area contributed by atoms with Crippen LogP contribution in [-0.2, 0) is 13.1 Å². The van der Waals surface area contributed by atoms with E-state index in [0.29, 0.717) is 17.5 Å². The normalized spacial score (nSPS) is 14.5. The van der Waals surface area contributed by atoms with Gasteiger partial charge in [0.2, 0.25) is 0 Å². The van der Waals surface area contributed by atoms with E-state index in [-0.39, 0.29) is 0 Å². The van der Waals surface area contributed by atoms with Crippen molar-refractivity contribution < 1.29 is 0 Å². The average Bonchev–Trinajstić information content (AvgIpc) is 3.33. The molecule has 34 heavy (non-hydrogen) atoms. The van der Waals surface area contributed by atoms with E-state index in [9.17, 15) is 0 Å².